The van der Waals surface area contributed by atoms with Gasteiger partial charge in [0.15, 0.2) is 0 Å². The zero-order valence-corrected chi connectivity index (χ0v) is 24.0. The predicted molar refractivity (Wildman–Crippen MR) is 145 cm³/mol. The van der Waals surface area contributed by atoms with Gasteiger partial charge in [-0.1, -0.05) is 65.1 Å². The highest BCUT2D eigenvalue weighted by molar-refractivity contribution is 9.10. The van der Waals surface area contributed by atoms with Crippen LogP contribution in [0.5, 0.6) is 0 Å². The maximum absolute atomic E-state index is 13.7. The van der Waals surface area contributed by atoms with E-state index in [4.69, 9.17) is 23.2 Å². The first kappa shape index (κ1) is 29.4. The smallest absolute Gasteiger partial charge is 0.244 e. The van der Waals surface area contributed by atoms with Crippen LogP contribution in [0.15, 0.2) is 46.9 Å². The monoisotopic (exact) mass is 605 g/mol. The molecule has 0 heterocycles. The molecule has 0 aliphatic heterocycles. The summed E-state index contributed by atoms with van der Waals surface area (Å²) >= 11 is 16.1. The number of rotatable bonds is 11. The number of hydrogen-bond donors (Lipinski definition) is 1. The topological polar surface area (TPSA) is 86.8 Å². The first-order valence-electron chi connectivity index (χ1n) is 11.1. The van der Waals surface area contributed by atoms with E-state index in [1.807, 2.05) is 13.8 Å². The van der Waals surface area contributed by atoms with E-state index in [1.165, 1.54) is 4.90 Å². The van der Waals surface area contributed by atoms with Crippen molar-refractivity contribution in [1.29, 1.82) is 0 Å². The Labute approximate surface area is 225 Å². The molecule has 0 saturated heterocycles. The van der Waals surface area contributed by atoms with Crippen molar-refractivity contribution in [3.05, 3.63) is 62.5 Å². The Kier molecular flexibility index (Phi) is 10.9. The molecule has 2 aromatic carbocycles. The van der Waals surface area contributed by atoms with Crippen LogP contribution in [0.25, 0.3) is 0 Å². The molecule has 2 atom stereocenters. The second-order valence-electron chi connectivity index (χ2n) is 8.21. The third-order valence-electron chi connectivity index (χ3n) is 5.55. The van der Waals surface area contributed by atoms with E-state index in [0.29, 0.717) is 32.2 Å². The highest BCUT2D eigenvalue weighted by Gasteiger charge is 2.33. The highest BCUT2D eigenvalue weighted by Crippen LogP contribution is 2.28. The largest absolute Gasteiger partial charge is 0.352 e. The van der Waals surface area contributed by atoms with Crippen molar-refractivity contribution in [1.82, 2.24) is 10.2 Å². The lowest BCUT2D eigenvalue weighted by Gasteiger charge is -2.33. The zero-order valence-electron chi connectivity index (χ0n) is 20.1. The van der Waals surface area contributed by atoms with Gasteiger partial charge in [-0.25, -0.2) is 8.42 Å². The lowest BCUT2D eigenvalue weighted by atomic mass is 10.1. The second kappa shape index (κ2) is 12.9. The van der Waals surface area contributed by atoms with Crippen molar-refractivity contribution in [2.75, 3.05) is 17.1 Å². The van der Waals surface area contributed by atoms with E-state index in [1.54, 1.807) is 49.4 Å². The molecule has 0 bridgehead atoms. The number of benzene rings is 2. The SMILES string of the molecule is CC[C@H](C)NC(=O)[C@H](CC)N(Cc1c(Cl)cccc1Cl)C(=O)CN(c1cccc(Br)c1)S(C)(=O)=O. The van der Waals surface area contributed by atoms with Crippen molar-refractivity contribution >= 4 is 66.7 Å². The third kappa shape index (κ3) is 8.10. The van der Waals surface area contributed by atoms with E-state index < -0.39 is 28.5 Å². The van der Waals surface area contributed by atoms with E-state index in [2.05, 4.69) is 21.2 Å². The average Bonchev–Trinajstić information content (AvgIpc) is 2.78. The third-order valence-corrected chi connectivity index (χ3v) is 7.89. The molecule has 7 nitrogen and oxygen atoms in total. The fourth-order valence-corrected chi connectivity index (χ4v) is 5.20. The molecule has 0 unspecified atom stereocenters. The van der Waals surface area contributed by atoms with E-state index in [-0.39, 0.29) is 18.5 Å². The lowest BCUT2D eigenvalue weighted by molar-refractivity contribution is -0.140. The van der Waals surface area contributed by atoms with Crippen LogP contribution < -0.4 is 9.62 Å². The Morgan fingerprint density at radius 1 is 1.06 bits per heavy atom. The van der Waals surface area contributed by atoms with E-state index in [9.17, 15) is 18.0 Å². The molecular weight excluding hydrogens is 577 g/mol. The Hall–Kier alpha value is -1.81. The van der Waals surface area contributed by atoms with Crippen molar-refractivity contribution < 1.29 is 18.0 Å². The van der Waals surface area contributed by atoms with Crippen LogP contribution in [0, 0.1) is 0 Å². The summed E-state index contributed by atoms with van der Waals surface area (Å²) in [7, 11) is -3.82. The summed E-state index contributed by atoms with van der Waals surface area (Å²) in [6.45, 7) is 5.06. The molecule has 192 valence electrons. The molecule has 35 heavy (non-hydrogen) atoms. The minimum Gasteiger partial charge on any atom is -0.352 e. The van der Waals surface area contributed by atoms with Gasteiger partial charge in [-0.3, -0.25) is 13.9 Å². The maximum Gasteiger partial charge on any atom is 0.244 e. The molecule has 2 rings (SSSR count). The Morgan fingerprint density at radius 3 is 2.17 bits per heavy atom. The zero-order chi connectivity index (χ0) is 26.3. The van der Waals surface area contributed by atoms with Crippen molar-refractivity contribution in [2.24, 2.45) is 0 Å². The number of carbonyl (C=O) groups is 2. The summed E-state index contributed by atoms with van der Waals surface area (Å²) < 4.78 is 27.0. The first-order valence-corrected chi connectivity index (χ1v) is 14.5. The summed E-state index contributed by atoms with van der Waals surface area (Å²) in [6.07, 6.45) is 2.06. The van der Waals surface area contributed by atoms with Crippen molar-refractivity contribution in [3.8, 4) is 0 Å². The summed E-state index contributed by atoms with van der Waals surface area (Å²) in [5.74, 6) is -0.885. The number of halogens is 3. The van der Waals surface area contributed by atoms with Gasteiger partial charge in [-0.05, 0) is 50.1 Å². The van der Waals surface area contributed by atoms with Gasteiger partial charge in [-0.2, -0.15) is 0 Å². The molecule has 2 aromatic rings. The van der Waals surface area contributed by atoms with Crippen LogP contribution in [-0.2, 0) is 26.2 Å². The molecule has 11 heteroatoms. The molecule has 0 fully saturated rings. The number of nitrogens with zero attached hydrogens (tertiary/aromatic N) is 2. The number of sulfonamides is 1. The van der Waals surface area contributed by atoms with E-state index in [0.717, 1.165) is 17.0 Å². The molecule has 0 aliphatic carbocycles. The molecule has 0 saturated carbocycles. The van der Waals surface area contributed by atoms with Crippen LogP contribution in [0.3, 0.4) is 0 Å². The van der Waals surface area contributed by atoms with Crippen LogP contribution >= 0.6 is 39.1 Å². The van der Waals surface area contributed by atoms with Gasteiger partial charge < -0.3 is 10.2 Å². The number of nitrogens with one attached hydrogen (secondary N) is 1. The molecule has 1 N–H and O–H groups in total. The number of carbonyl (C=O) groups excluding carboxylic acids is 2. The van der Waals surface area contributed by atoms with Gasteiger partial charge in [0.25, 0.3) is 0 Å². The van der Waals surface area contributed by atoms with Gasteiger partial charge >= 0.3 is 0 Å². The van der Waals surface area contributed by atoms with Gasteiger partial charge in [0, 0.05) is 32.7 Å². The maximum atomic E-state index is 13.7. The quantitative estimate of drug-likeness (QED) is 0.379. The standard InChI is InChI=1S/C24H30BrCl2N3O4S/c1-5-16(3)28-24(32)22(6-2)29(14-19-20(26)11-8-12-21(19)27)23(31)15-30(35(4,33)34)18-10-7-9-17(25)13-18/h7-13,16,22H,5-6,14-15H2,1-4H3,(H,28,32)/t16-,22-/m0/s1. The lowest BCUT2D eigenvalue weighted by Crippen LogP contribution is -2.53. The predicted octanol–water partition coefficient (Wildman–Crippen LogP) is 5.24. The summed E-state index contributed by atoms with van der Waals surface area (Å²) in [5.41, 5.74) is 0.801. The number of anilines is 1. The van der Waals surface area contributed by atoms with Gasteiger partial charge in [0.2, 0.25) is 21.8 Å². The molecule has 0 spiro atoms. The van der Waals surface area contributed by atoms with Crippen LogP contribution in [0.4, 0.5) is 5.69 Å². The molecule has 0 radical (unpaired) electrons. The minimum atomic E-state index is -3.82. The van der Waals surface area contributed by atoms with E-state index >= 15 is 0 Å². The molecule has 0 aliphatic rings. The van der Waals surface area contributed by atoms with Crippen LogP contribution in [0.2, 0.25) is 10.0 Å². The fourth-order valence-electron chi connectivity index (χ4n) is 3.46. The van der Waals surface area contributed by atoms with Gasteiger partial charge in [0.1, 0.15) is 12.6 Å². The van der Waals surface area contributed by atoms with Crippen LogP contribution in [0.1, 0.15) is 39.2 Å². The molecule has 0 aromatic heterocycles. The Balaban J connectivity index is 2.50. The van der Waals surface area contributed by atoms with Crippen LogP contribution in [-0.4, -0.2) is 50.0 Å². The molecular formula is C24H30BrCl2N3O4S. The number of amides is 2. The number of hydrogen-bond acceptors (Lipinski definition) is 4. The van der Waals surface area contributed by atoms with Gasteiger partial charge in [0.05, 0.1) is 11.9 Å². The first-order chi connectivity index (χ1) is 16.4. The Morgan fingerprint density at radius 2 is 1.66 bits per heavy atom. The Bertz CT molecular complexity index is 1140. The second-order valence-corrected chi connectivity index (χ2v) is 11.9. The minimum absolute atomic E-state index is 0.0557. The van der Waals surface area contributed by atoms with Gasteiger partial charge in [-0.15, -0.1) is 0 Å². The highest BCUT2D eigenvalue weighted by atomic mass is 79.9. The average molecular weight is 607 g/mol. The summed E-state index contributed by atoms with van der Waals surface area (Å²) in [5, 5.41) is 3.61. The summed E-state index contributed by atoms with van der Waals surface area (Å²) in [4.78, 5) is 28.2. The van der Waals surface area contributed by atoms with Crippen molar-refractivity contribution in [2.45, 2.75) is 52.2 Å². The normalized spacial score (nSPS) is 13.1. The molecule has 2 amide bonds. The fraction of sp³-hybridized carbons (Fsp3) is 0.417. The van der Waals surface area contributed by atoms with Crippen molar-refractivity contribution in [3.63, 3.8) is 0 Å². The summed E-state index contributed by atoms with van der Waals surface area (Å²) in [6, 6.07) is 10.7.